The zero-order valence-corrected chi connectivity index (χ0v) is 18.8. The molecule has 168 valence electrons. The maximum Gasteiger partial charge on any atom is 0.338 e. The monoisotopic (exact) mass is 463 g/mol. The van der Waals surface area contributed by atoms with Crippen LogP contribution in [0.1, 0.15) is 28.5 Å². The summed E-state index contributed by atoms with van der Waals surface area (Å²) in [5.74, 6) is -0.421. The maximum absolute atomic E-state index is 12.5. The summed E-state index contributed by atoms with van der Waals surface area (Å²) in [6, 6.07) is 15.1. The molecule has 0 spiro atoms. The Hall–Kier alpha value is -4.05. The summed E-state index contributed by atoms with van der Waals surface area (Å²) in [6.07, 6.45) is 0. The van der Waals surface area contributed by atoms with E-state index in [9.17, 15) is 14.4 Å². The van der Waals surface area contributed by atoms with Gasteiger partial charge in [-0.25, -0.2) is 14.6 Å². The predicted octanol–water partition coefficient (Wildman–Crippen LogP) is 3.62. The van der Waals surface area contributed by atoms with E-state index < -0.39 is 12.0 Å². The van der Waals surface area contributed by atoms with Gasteiger partial charge in [0.15, 0.2) is 0 Å². The summed E-state index contributed by atoms with van der Waals surface area (Å²) in [7, 11) is 0. The van der Waals surface area contributed by atoms with E-state index in [2.05, 4.69) is 20.7 Å². The zero-order valence-electron chi connectivity index (χ0n) is 18.0. The lowest BCUT2D eigenvalue weighted by Gasteiger charge is -2.08. The number of carbonyl (C=O) groups excluding carboxylic acids is 2. The Morgan fingerprint density at radius 1 is 1.09 bits per heavy atom. The summed E-state index contributed by atoms with van der Waals surface area (Å²) >= 11 is 1.30. The Morgan fingerprint density at radius 3 is 2.52 bits per heavy atom. The molecule has 33 heavy (non-hydrogen) atoms. The highest BCUT2D eigenvalue weighted by Gasteiger charge is 2.12. The smallest absolute Gasteiger partial charge is 0.338 e. The molecule has 0 aliphatic rings. The first-order chi connectivity index (χ1) is 15.9. The number of amides is 2. The molecule has 0 saturated heterocycles. The first-order valence-corrected chi connectivity index (χ1v) is 11.0. The number of aryl methyl sites for hydroxylation is 1. The third-order valence-electron chi connectivity index (χ3n) is 4.68. The van der Waals surface area contributed by atoms with Crippen LogP contribution in [0, 0.1) is 6.92 Å². The van der Waals surface area contributed by atoms with Crippen LogP contribution in [0.25, 0.3) is 15.5 Å². The molecular weight excluding hydrogens is 442 g/mol. The minimum Gasteiger partial charge on any atom is -0.462 e. The number of nitrogens with zero attached hydrogens (tertiary/aromatic N) is 3. The number of carbonyl (C=O) groups is 2. The summed E-state index contributed by atoms with van der Waals surface area (Å²) in [4.78, 5) is 41.3. The topological polar surface area (TPSA) is 115 Å². The lowest BCUT2D eigenvalue weighted by molar-refractivity contribution is 0.0526. The van der Waals surface area contributed by atoms with Gasteiger partial charge in [0.25, 0.3) is 5.56 Å². The van der Waals surface area contributed by atoms with Gasteiger partial charge >= 0.3 is 12.0 Å². The van der Waals surface area contributed by atoms with Crippen LogP contribution in [-0.2, 0) is 11.3 Å². The minimum atomic E-state index is -0.467. The molecule has 2 N–H and O–H groups in total. The van der Waals surface area contributed by atoms with Gasteiger partial charge in [0.2, 0.25) is 4.96 Å². The molecule has 0 saturated carbocycles. The maximum atomic E-state index is 12.5. The van der Waals surface area contributed by atoms with E-state index in [-0.39, 0.29) is 12.1 Å². The Bertz CT molecular complexity index is 1360. The molecule has 9 nitrogen and oxygen atoms in total. The molecule has 0 radical (unpaired) electrons. The number of hydrogen-bond acceptors (Lipinski definition) is 7. The molecule has 0 atom stereocenters. The van der Waals surface area contributed by atoms with E-state index in [1.54, 1.807) is 31.2 Å². The first-order valence-electron chi connectivity index (χ1n) is 10.2. The van der Waals surface area contributed by atoms with Crippen molar-refractivity contribution in [2.45, 2.75) is 20.4 Å². The number of anilines is 1. The summed E-state index contributed by atoms with van der Waals surface area (Å²) < 4.78 is 6.19. The number of fused-ring (bicyclic) bond motifs is 1. The molecule has 0 aliphatic carbocycles. The molecule has 4 aromatic rings. The second-order valence-electron chi connectivity index (χ2n) is 7.16. The van der Waals surface area contributed by atoms with Crippen LogP contribution in [0.3, 0.4) is 0 Å². The fraction of sp³-hybridized carbons (Fsp3) is 0.174. The molecule has 0 unspecified atom stereocenters. The lowest BCUT2D eigenvalue weighted by atomic mass is 10.2. The number of aromatic nitrogens is 3. The molecule has 0 bridgehead atoms. The molecular formula is C23H21N5O4S. The number of rotatable bonds is 6. The molecule has 0 fully saturated rings. The second-order valence-corrected chi connectivity index (χ2v) is 8.11. The molecule has 0 aliphatic heterocycles. The van der Waals surface area contributed by atoms with Gasteiger partial charge in [-0.2, -0.15) is 9.61 Å². The average molecular weight is 464 g/mol. The van der Waals surface area contributed by atoms with E-state index in [4.69, 9.17) is 4.74 Å². The standard InChI is InChI=1S/C23H21N5O4S/c1-3-32-21(30)16-8-10-17(11-9-16)25-22(31)24-13-18-12-19(29)28-23(26-18)33-20(27-28)15-6-4-14(2)5-7-15/h4-12H,3,13H2,1-2H3,(H2,24,25,31). The highest BCUT2D eigenvalue weighted by atomic mass is 32.1. The number of esters is 1. The highest BCUT2D eigenvalue weighted by molar-refractivity contribution is 7.19. The van der Waals surface area contributed by atoms with Gasteiger partial charge in [0.1, 0.15) is 5.01 Å². The quantitative estimate of drug-likeness (QED) is 0.422. The van der Waals surface area contributed by atoms with Crippen LogP contribution in [0.4, 0.5) is 10.5 Å². The van der Waals surface area contributed by atoms with Gasteiger partial charge in [0, 0.05) is 17.3 Å². The number of hydrogen-bond donors (Lipinski definition) is 2. The van der Waals surface area contributed by atoms with Crippen molar-refractivity contribution in [1.82, 2.24) is 19.9 Å². The Labute approximate surface area is 193 Å². The second kappa shape index (κ2) is 9.61. The Balaban J connectivity index is 1.41. The average Bonchev–Trinajstić information content (AvgIpc) is 3.24. The minimum absolute atomic E-state index is 0.0657. The van der Waals surface area contributed by atoms with Crippen molar-refractivity contribution >= 4 is 34.0 Å². The van der Waals surface area contributed by atoms with Gasteiger partial charge in [-0.05, 0) is 38.1 Å². The molecule has 2 amide bonds. The molecule has 2 aromatic carbocycles. The van der Waals surface area contributed by atoms with Crippen LogP contribution in [0.5, 0.6) is 0 Å². The van der Waals surface area contributed by atoms with Crippen molar-refractivity contribution in [3.8, 4) is 10.6 Å². The van der Waals surface area contributed by atoms with Crippen LogP contribution in [0.2, 0.25) is 0 Å². The number of urea groups is 1. The van der Waals surface area contributed by atoms with Crippen LogP contribution >= 0.6 is 11.3 Å². The summed E-state index contributed by atoms with van der Waals surface area (Å²) in [6.45, 7) is 4.09. The molecule has 10 heteroatoms. The van der Waals surface area contributed by atoms with Crippen molar-refractivity contribution in [3.63, 3.8) is 0 Å². The summed E-state index contributed by atoms with van der Waals surface area (Å²) in [5, 5.41) is 10.4. The number of ether oxygens (including phenoxy) is 1. The number of benzene rings is 2. The summed E-state index contributed by atoms with van der Waals surface area (Å²) in [5.41, 5.74) is 3.05. The van der Waals surface area contributed by atoms with Gasteiger partial charge in [-0.15, -0.1) is 0 Å². The van der Waals surface area contributed by atoms with Crippen molar-refractivity contribution in [2.75, 3.05) is 11.9 Å². The van der Waals surface area contributed by atoms with Crippen molar-refractivity contribution < 1.29 is 14.3 Å². The highest BCUT2D eigenvalue weighted by Crippen LogP contribution is 2.24. The fourth-order valence-electron chi connectivity index (χ4n) is 3.01. The third-order valence-corrected chi connectivity index (χ3v) is 5.64. The van der Waals surface area contributed by atoms with E-state index in [1.165, 1.54) is 21.9 Å². The van der Waals surface area contributed by atoms with Gasteiger partial charge < -0.3 is 15.4 Å². The van der Waals surface area contributed by atoms with Crippen LogP contribution < -0.4 is 16.2 Å². The largest absolute Gasteiger partial charge is 0.462 e. The zero-order chi connectivity index (χ0) is 23.4. The van der Waals surface area contributed by atoms with Crippen LogP contribution in [0.15, 0.2) is 59.4 Å². The normalized spacial score (nSPS) is 10.7. The predicted molar refractivity (Wildman–Crippen MR) is 126 cm³/mol. The van der Waals surface area contributed by atoms with E-state index in [1.807, 2.05) is 31.2 Å². The van der Waals surface area contributed by atoms with E-state index in [0.29, 0.717) is 33.5 Å². The van der Waals surface area contributed by atoms with Crippen molar-refractivity contribution in [3.05, 3.63) is 81.8 Å². The SMILES string of the molecule is CCOC(=O)c1ccc(NC(=O)NCc2cc(=O)n3nc(-c4ccc(C)cc4)sc3n2)cc1. The first kappa shape index (κ1) is 22.2. The Morgan fingerprint density at radius 2 is 1.82 bits per heavy atom. The number of nitrogens with one attached hydrogen (secondary N) is 2. The van der Waals surface area contributed by atoms with Gasteiger partial charge in [-0.3, -0.25) is 4.79 Å². The molecule has 4 rings (SSSR count). The van der Waals surface area contributed by atoms with Crippen molar-refractivity contribution in [2.24, 2.45) is 0 Å². The van der Waals surface area contributed by atoms with Crippen molar-refractivity contribution in [1.29, 1.82) is 0 Å². The molecule has 2 heterocycles. The van der Waals surface area contributed by atoms with Gasteiger partial charge in [-0.1, -0.05) is 41.2 Å². The third kappa shape index (κ3) is 5.24. The van der Waals surface area contributed by atoms with Crippen LogP contribution in [-0.4, -0.2) is 33.2 Å². The Kier molecular flexibility index (Phi) is 6.45. The van der Waals surface area contributed by atoms with Gasteiger partial charge in [0.05, 0.1) is 24.4 Å². The molecule has 2 aromatic heterocycles. The fourth-order valence-corrected chi connectivity index (χ4v) is 3.94. The lowest BCUT2D eigenvalue weighted by Crippen LogP contribution is -2.29. The van der Waals surface area contributed by atoms with E-state index in [0.717, 1.165) is 11.1 Å². The van der Waals surface area contributed by atoms with E-state index >= 15 is 0 Å².